The van der Waals surface area contributed by atoms with E-state index in [0.29, 0.717) is 0 Å². The Hall–Kier alpha value is -11.0. The highest BCUT2D eigenvalue weighted by Gasteiger charge is 2.49. The molecule has 0 radical (unpaired) electrons. The van der Waals surface area contributed by atoms with Gasteiger partial charge in [0, 0.05) is 91.0 Å². The Bertz CT molecular complexity index is 4570. The Labute approximate surface area is 503 Å². The molecule has 0 saturated carbocycles. The number of fused-ring (bicyclic) bond motifs is 8. The van der Waals surface area contributed by atoms with Crippen molar-refractivity contribution in [3.05, 3.63) is 322 Å². The third-order valence-corrected chi connectivity index (χ3v) is 18.0. The average Bonchev–Trinajstić information content (AvgIpc) is 0.707. The fourth-order valence-corrected chi connectivity index (χ4v) is 14.5. The van der Waals surface area contributed by atoms with E-state index in [1.54, 1.807) is 0 Å². The van der Waals surface area contributed by atoms with Crippen LogP contribution < -0.4 is 62.2 Å². The van der Waals surface area contributed by atoms with Gasteiger partial charge in [-0.15, -0.1) is 0 Å². The maximum atomic E-state index is 2.63. The van der Waals surface area contributed by atoms with Crippen molar-refractivity contribution in [2.45, 2.75) is 12.5 Å². The van der Waals surface area contributed by atoms with Gasteiger partial charge < -0.3 is 29.4 Å². The lowest BCUT2D eigenvalue weighted by molar-refractivity contribution is 0.785. The van der Waals surface area contributed by atoms with Crippen LogP contribution in [0, 0.1) is 0 Å². The van der Waals surface area contributed by atoms with Crippen LogP contribution in [0.2, 0.25) is 0 Å². The van der Waals surface area contributed by atoms with Crippen LogP contribution in [0.1, 0.15) is 6.42 Å². The van der Waals surface area contributed by atoms with Crippen molar-refractivity contribution in [2.24, 2.45) is 0 Å². The summed E-state index contributed by atoms with van der Waals surface area (Å²) in [5.74, 6) is 0. The molecule has 0 amide bonds. The zero-order valence-corrected chi connectivity index (χ0v) is 47.2. The van der Waals surface area contributed by atoms with E-state index in [-0.39, 0.29) is 19.5 Å². The zero-order valence-electron chi connectivity index (χ0n) is 47.2. The second-order valence-electron chi connectivity index (χ2n) is 22.8. The summed E-state index contributed by atoms with van der Waals surface area (Å²) in [6.45, 7) is -0.274. The molecule has 404 valence electrons. The molecule has 6 nitrogen and oxygen atoms in total. The quantitative estimate of drug-likeness (QED) is 0.126. The molecule has 0 aromatic heterocycles. The molecule has 0 N–H and O–H groups in total. The maximum absolute atomic E-state index is 2.63. The molecule has 5 aliphatic rings. The SMILES string of the molecule is C1=CCC(N(c2ccccc2)c2cc3c4c(c2)N(c2ccccc2)c2cc5c(cc2B4c2ccccc2N3c2ccccc2)B2c3ccccc3N(c3ccccc3)c3cc(N(c4ccccc4)c4ccccc4)cc(c32)N5c2ccccc2)C=C1. The third kappa shape index (κ3) is 7.90. The lowest BCUT2D eigenvalue weighted by Gasteiger charge is -2.48. The van der Waals surface area contributed by atoms with E-state index in [0.717, 1.165) is 86.0 Å². The highest BCUT2D eigenvalue weighted by atomic mass is 15.2. The van der Waals surface area contributed by atoms with Crippen LogP contribution in [-0.2, 0) is 0 Å². The van der Waals surface area contributed by atoms with Crippen molar-refractivity contribution in [3.63, 3.8) is 0 Å². The summed E-state index contributed by atoms with van der Waals surface area (Å²) in [6.07, 6.45) is 9.92. The summed E-state index contributed by atoms with van der Waals surface area (Å²) in [7, 11) is 0. The van der Waals surface area contributed by atoms with E-state index in [9.17, 15) is 0 Å². The van der Waals surface area contributed by atoms with Gasteiger partial charge in [-0.1, -0.05) is 194 Å². The maximum Gasteiger partial charge on any atom is 0.252 e. The molecule has 0 saturated heterocycles. The van der Waals surface area contributed by atoms with Gasteiger partial charge in [0.2, 0.25) is 0 Å². The van der Waals surface area contributed by atoms with Crippen LogP contribution in [-0.4, -0.2) is 19.5 Å². The smallest absolute Gasteiger partial charge is 0.252 e. The van der Waals surface area contributed by atoms with Gasteiger partial charge in [0.15, 0.2) is 0 Å². The molecule has 0 fully saturated rings. The molecule has 12 aromatic carbocycles. The van der Waals surface area contributed by atoms with Gasteiger partial charge in [-0.3, -0.25) is 0 Å². The predicted molar refractivity (Wildman–Crippen MR) is 364 cm³/mol. The second-order valence-corrected chi connectivity index (χ2v) is 22.8. The van der Waals surface area contributed by atoms with E-state index in [4.69, 9.17) is 0 Å². The van der Waals surface area contributed by atoms with E-state index >= 15 is 0 Å². The summed E-state index contributed by atoms with van der Waals surface area (Å²) in [4.78, 5) is 15.2. The normalized spacial score (nSPS) is 14.6. The van der Waals surface area contributed by atoms with Crippen LogP contribution in [0.25, 0.3) is 0 Å². The van der Waals surface area contributed by atoms with Crippen molar-refractivity contribution in [1.82, 2.24) is 0 Å². The van der Waals surface area contributed by atoms with Gasteiger partial charge in [0.05, 0.1) is 11.7 Å². The third-order valence-electron chi connectivity index (χ3n) is 18.0. The van der Waals surface area contributed by atoms with Gasteiger partial charge in [-0.2, -0.15) is 0 Å². The first-order valence-electron chi connectivity index (χ1n) is 29.9. The molecule has 1 aliphatic carbocycles. The first-order chi connectivity index (χ1) is 42.7. The number of hydrogen-bond donors (Lipinski definition) is 0. The van der Waals surface area contributed by atoms with Gasteiger partial charge in [0.1, 0.15) is 0 Å². The van der Waals surface area contributed by atoms with Crippen molar-refractivity contribution >= 4 is 143 Å². The summed E-state index contributed by atoms with van der Waals surface area (Å²) >= 11 is 0. The Morgan fingerprint density at radius 1 is 0.279 bits per heavy atom. The van der Waals surface area contributed by atoms with Crippen LogP contribution in [0.5, 0.6) is 0 Å². The van der Waals surface area contributed by atoms with Gasteiger partial charge in [-0.05, 0) is 167 Å². The number of nitrogens with zero attached hydrogens (tertiary/aromatic N) is 6. The topological polar surface area (TPSA) is 19.4 Å². The molecule has 4 aliphatic heterocycles. The van der Waals surface area contributed by atoms with Crippen LogP contribution in [0.4, 0.5) is 96.7 Å². The minimum atomic E-state index is -0.141. The lowest BCUT2D eigenvalue weighted by Crippen LogP contribution is -2.65. The number of benzene rings is 12. The molecular weight excluding hydrogens is 1040 g/mol. The van der Waals surface area contributed by atoms with E-state index in [1.807, 2.05) is 0 Å². The Morgan fingerprint density at radius 2 is 0.628 bits per heavy atom. The van der Waals surface area contributed by atoms with Crippen LogP contribution >= 0.6 is 0 Å². The molecular formula is C78H56B2N6. The largest absolute Gasteiger partial charge is 0.334 e. The fourth-order valence-electron chi connectivity index (χ4n) is 14.5. The Morgan fingerprint density at radius 3 is 1.02 bits per heavy atom. The molecule has 4 heterocycles. The summed E-state index contributed by atoms with van der Waals surface area (Å²) < 4.78 is 0. The van der Waals surface area contributed by atoms with E-state index < -0.39 is 0 Å². The molecule has 86 heavy (non-hydrogen) atoms. The van der Waals surface area contributed by atoms with Crippen LogP contribution in [0.3, 0.4) is 0 Å². The second kappa shape index (κ2) is 20.4. The number of para-hydroxylation sites is 9. The van der Waals surface area contributed by atoms with Crippen molar-refractivity contribution in [2.75, 3.05) is 29.4 Å². The number of anilines is 17. The lowest BCUT2D eigenvalue weighted by atomic mass is 9.30. The predicted octanol–water partition coefficient (Wildman–Crippen LogP) is 16.3. The van der Waals surface area contributed by atoms with Crippen molar-refractivity contribution in [1.29, 1.82) is 0 Å². The highest BCUT2D eigenvalue weighted by Crippen LogP contribution is 2.52. The first-order valence-corrected chi connectivity index (χ1v) is 29.9. The number of allylic oxidation sites excluding steroid dienone is 2. The highest BCUT2D eigenvalue weighted by molar-refractivity contribution is 7.03. The van der Waals surface area contributed by atoms with E-state index in [1.165, 1.54) is 49.8 Å². The zero-order chi connectivity index (χ0) is 56.7. The minimum Gasteiger partial charge on any atom is -0.334 e. The minimum absolute atomic E-state index is 0.0859. The molecule has 8 heteroatoms. The van der Waals surface area contributed by atoms with Crippen molar-refractivity contribution < 1.29 is 0 Å². The molecule has 0 spiro atoms. The summed E-state index contributed by atoms with van der Waals surface area (Å²) in [5, 5.41) is 0. The summed E-state index contributed by atoms with van der Waals surface area (Å²) in [6, 6.07) is 110. The van der Waals surface area contributed by atoms with Gasteiger partial charge >= 0.3 is 0 Å². The van der Waals surface area contributed by atoms with Crippen molar-refractivity contribution in [3.8, 4) is 0 Å². The molecule has 1 unspecified atom stereocenters. The number of rotatable bonds is 10. The Balaban J connectivity index is 0.990. The van der Waals surface area contributed by atoms with Gasteiger partial charge in [0.25, 0.3) is 13.4 Å². The monoisotopic (exact) mass is 1100 g/mol. The Kier molecular flexibility index (Phi) is 11.8. The molecule has 12 aromatic rings. The number of hydrogen-bond acceptors (Lipinski definition) is 6. The van der Waals surface area contributed by atoms with Crippen LogP contribution in [0.15, 0.2) is 322 Å². The molecule has 0 bridgehead atoms. The van der Waals surface area contributed by atoms with E-state index in [2.05, 4.69) is 351 Å². The average molecular weight is 1100 g/mol. The fraction of sp³-hybridized carbons (Fsp3) is 0.0256. The first kappa shape index (κ1) is 49.6. The van der Waals surface area contributed by atoms with Gasteiger partial charge in [-0.25, -0.2) is 0 Å². The molecule has 1 atom stereocenters. The summed E-state index contributed by atoms with van der Waals surface area (Å²) in [5.41, 5.74) is 26.8. The standard InChI is InChI=1S/C78H56B2N6/c1-9-29-55(30-10-1)81(56-31-11-2-12-32-56)63-49-73-77-75(51-63)85(61-41-21-7-22-42-61)71-54-72-68(53-67(71)79(77)65-45-25-27-47-69(65)83(73)59-37-17-5-18-38-59)80-66-46-26-28-48-70(66)84(60-39-19-6-20-40-60)74-50-64(52-76(78(74)80)86(72)62-43-23-8-24-44-62)82(57-33-13-3-14-34-57)58-35-15-4-16-36-58/h1-35,37-54,58H,36H2. The molecule has 17 rings (SSSR count).